The van der Waals surface area contributed by atoms with Crippen LogP contribution >= 0.6 is 0 Å². The predicted molar refractivity (Wildman–Crippen MR) is 125 cm³/mol. The number of hydrogen-bond acceptors (Lipinski definition) is 4. The van der Waals surface area contributed by atoms with E-state index in [1.807, 2.05) is 6.92 Å². The minimum absolute atomic E-state index is 0.0407. The molecular weight excluding hydrogens is 390 g/mol. The van der Waals surface area contributed by atoms with E-state index in [0.29, 0.717) is 17.9 Å². The summed E-state index contributed by atoms with van der Waals surface area (Å²) in [5.41, 5.74) is -0.679. The van der Waals surface area contributed by atoms with E-state index < -0.39 is 16.1 Å². The van der Waals surface area contributed by atoms with Crippen LogP contribution in [0.5, 0.6) is 0 Å². The predicted octanol–water partition coefficient (Wildman–Crippen LogP) is 6.13. The largest absolute Gasteiger partial charge is 0.390 e. The molecule has 1 aromatic rings. The lowest BCUT2D eigenvalue weighted by Crippen LogP contribution is -2.57. The van der Waals surface area contributed by atoms with Crippen LogP contribution in [0.3, 0.4) is 0 Å². The van der Waals surface area contributed by atoms with Crippen LogP contribution in [0, 0.1) is 32.8 Å². The topological polar surface area (TPSA) is 83.6 Å². The highest BCUT2D eigenvalue weighted by Crippen LogP contribution is 2.63. The second-order valence-electron chi connectivity index (χ2n) is 11.4. The Kier molecular flexibility index (Phi) is 6.43. The van der Waals surface area contributed by atoms with Crippen LogP contribution in [-0.4, -0.2) is 26.3 Å². The number of nitro groups is 1. The van der Waals surface area contributed by atoms with Crippen molar-refractivity contribution >= 4 is 11.8 Å². The molecule has 0 aromatic heterocycles. The minimum atomic E-state index is -1.05. The van der Waals surface area contributed by atoms with Gasteiger partial charge in [-0.2, -0.15) is 0 Å². The average molecular weight is 430 g/mol. The first kappa shape index (κ1) is 23.9. The molecule has 0 radical (unpaired) electrons. The van der Waals surface area contributed by atoms with Crippen molar-refractivity contribution in [2.75, 3.05) is 0 Å². The molecule has 0 heterocycles. The molecule has 172 valence electrons. The molecule has 5 nitrogen and oxygen atoms in total. The number of fused-ring (bicyclic) bond motifs is 1. The zero-order chi connectivity index (χ0) is 23.1. The molecular formula is C26H39NO4. The third kappa shape index (κ3) is 5.04. The number of nitrogens with zero attached hydrogens (tertiary/aromatic N) is 1. The quantitative estimate of drug-likeness (QED) is 0.421. The third-order valence-corrected chi connectivity index (χ3v) is 8.42. The summed E-state index contributed by atoms with van der Waals surface area (Å²) in [5, 5.41) is 33.4. The maximum Gasteiger partial charge on any atom is 0.270 e. The van der Waals surface area contributed by atoms with E-state index >= 15 is 0 Å². The van der Waals surface area contributed by atoms with Crippen molar-refractivity contribution in [2.24, 2.45) is 22.7 Å². The maximum absolute atomic E-state index is 11.3. The lowest BCUT2D eigenvalue weighted by Gasteiger charge is -2.61. The number of nitro benzene ring substituents is 1. The Morgan fingerprint density at radius 1 is 1.23 bits per heavy atom. The summed E-state index contributed by atoms with van der Waals surface area (Å²) in [6.45, 7) is 10.9. The molecule has 5 unspecified atom stereocenters. The second-order valence-corrected chi connectivity index (χ2v) is 11.4. The highest BCUT2D eigenvalue weighted by molar-refractivity contribution is 5.54. The molecule has 2 fully saturated rings. The first-order valence-electron chi connectivity index (χ1n) is 11.7. The molecule has 5 heteroatoms. The van der Waals surface area contributed by atoms with E-state index in [4.69, 9.17) is 0 Å². The molecule has 2 aliphatic rings. The Labute approximate surface area is 186 Å². The second kappa shape index (κ2) is 8.32. The van der Waals surface area contributed by atoms with Gasteiger partial charge < -0.3 is 10.2 Å². The molecule has 0 bridgehead atoms. The Hall–Kier alpha value is -1.72. The van der Waals surface area contributed by atoms with Gasteiger partial charge in [-0.1, -0.05) is 51.5 Å². The molecule has 0 aliphatic heterocycles. The van der Waals surface area contributed by atoms with Crippen molar-refractivity contribution in [2.45, 2.75) is 90.8 Å². The first-order valence-corrected chi connectivity index (χ1v) is 11.7. The highest BCUT2D eigenvalue weighted by atomic mass is 16.6. The van der Waals surface area contributed by atoms with Crippen molar-refractivity contribution in [3.63, 3.8) is 0 Å². The van der Waals surface area contributed by atoms with E-state index in [2.05, 4.69) is 20.8 Å². The van der Waals surface area contributed by atoms with Crippen molar-refractivity contribution in [3.8, 4) is 0 Å². The zero-order valence-corrected chi connectivity index (χ0v) is 19.7. The van der Waals surface area contributed by atoms with E-state index in [1.165, 1.54) is 25.0 Å². The van der Waals surface area contributed by atoms with Crippen molar-refractivity contribution in [3.05, 3.63) is 46.0 Å². The molecule has 31 heavy (non-hydrogen) atoms. The third-order valence-electron chi connectivity index (χ3n) is 8.42. The SMILES string of the molecule is CC(O)(C=Cc1cccc([N+](=O)[O-])c1)CCC1C(C)(O)CCC2C(C)(C)CCCC21C. The van der Waals surface area contributed by atoms with E-state index in [1.54, 1.807) is 31.2 Å². The monoisotopic (exact) mass is 429 g/mol. The lowest BCUT2D eigenvalue weighted by molar-refractivity contribution is -0.384. The van der Waals surface area contributed by atoms with Gasteiger partial charge in [-0.05, 0) is 80.6 Å². The molecule has 0 amide bonds. The number of non-ortho nitro benzene ring substituents is 1. The minimum Gasteiger partial charge on any atom is -0.390 e. The van der Waals surface area contributed by atoms with Crippen LogP contribution in [-0.2, 0) is 0 Å². The molecule has 2 N–H and O–H groups in total. The van der Waals surface area contributed by atoms with Gasteiger partial charge in [-0.25, -0.2) is 0 Å². The summed E-state index contributed by atoms with van der Waals surface area (Å²) in [5.74, 6) is 0.723. The summed E-state index contributed by atoms with van der Waals surface area (Å²) in [6, 6.07) is 6.41. The van der Waals surface area contributed by atoms with Crippen molar-refractivity contribution in [1.29, 1.82) is 0 Å². The summed E-state index contributed by atoms with van der Waals surface area (Å²) in [4.78, 5) is 10.6. The van der Waals surface area contributed by atoms with Gasteiger partial charge in [0.2, 0.25) is 0 Å². The van der Waals surface area contributed by atoms with Gasteiger partial charge in [0.15, 0.2) is 0 Å². The van der Waals surface area contributed by atoms with E-state index in [0.717, 1.165) is 25.7 Å². The van der Waals surface area contributed by atoms with Gasteiger partial charge in [0.05, 0.1) is 16.1 Å². The molecule has 0 spiro atoms. The van der Waals surface area contributed by atoms with Crippen LogP contribution in [0.2, 0.25) is 0 Å². The van der Waals surface area contributed by atoms with Crippen molar-refractivity contribution < 1.29 is 15.1 Å². The summed E-state index contributed by atoms with van der Waals surface area (Å²) >= 11 is 0. The van der Waals surface area contributed by atoms with Crippen LogP contribution in [0.4, 0.5) is 5.69 Å². The number of benzene rings is 1. The van der Waals surface area contributed by atoms with Crippen LogP contribution in [0.25, 0.3) is 6.08 Å². The highest BCUT2D eigenvalue weighted by Gasteiger charge is 2.57. The molecule has 3 rings (SSSR count). The fourth-order valence-electron chi connectivity index (χ4n) is 6.80. The lowest BCUT2D eigenvalue weighted by atomic mass is 9.45. The maximum atomic E-state index is 11.3. The standard InChI is InChI=1S/C26H39NO4/c1-23(2)13-7-14-25(4)21(23)12-17-26(5,29)22(25)11-16-24(3,28)15-10-19-8-6-9-20(18-19)27(30)31/h6,8-10,15,18,21-22,28-29H,7,11-14,16-17H2,1-5H3. The van der Waals surface area contributed by atoms with Gasteiger partial charge in [-0.3, -0.25) is 10.1 Å². The van der Waals surface area contributed by atoms with Gasteiger partial charge in [0, 0.05) is 12.1 Å². The number of rotatable bonds is 6. The zero-order valence-electron chi connectivity index (χ0n) is 19.7. The molecule has 0 saturated heterocycles. The normalized spacial score (nSPS) is 34.8. The fraction of sp³-hybridized carbons (Fsp3) is 0.692. The van der Waals surface area contributed by atoms with Gasteiger partial charge in [-0.15, -0.1) is 0 Å². The summed E-state index contributed by atoms with van der Waals surface area (Å²) in [6.07, 6.45) is 10.2. The number of aliphatic hydroxyl groups is 2. The smallest absolute Gasteiger partial charge is 0.270 e. The summed E-state index contributed by atoms with van der Waals surface area (Å²) in [7, 11) is 0. The Bertz CT molecular complexity index is 842. The average Bonchev–Trinajstić information content (AvgIpc) is 2.65. The Morgan fingerprint density at radius 2 is 1.94 bits per heavy atom. The summed E-state index contributed by atoms with van der Waals surface area (Å²) < 4.78 is 0. The van der Waals surface area contributed by atoms with Crippen LogP contribution in [0.1, 0.15) is 85.1 Å². The van der Waals surface area contributed by atoms with E-state index in [9.17, 15) is 20.3 Å². The van der Waals surface area contributed by atoms with Crippen LogP contribution in [0.15, 0.2) is 30.3 Å². The van der Waals surface area contributed by atoms with Crippen LogP contribution < -0.4 is 0 Å². The van der Waals surface area contributed by atoms with Gasteiger partial charge in [0.1, 0.15) is 0 Å². The van der Waals surface area contributed by atoms with Gasteiger partial charge >= 0.3 is 0 Å². The van der Waals surface area contributed by atoms with Gasteiger partial charge in [0.25, 0.3) is 5.69 Å². The Morgan fingerprint density at radius 3 is 2.61 bits per heavy atom. The fourth-order valence-corrected chi connectivity index (χ4v) is 6.80. The first-order chi connectivity index (χ1) is 14.3. The van der Waals surface area contributed by atoms with Crippen molar-refractivity contribution in [1.82, 2.24) is 0 Å². The molecule has 2 aliphatic carbocycles. The van der Waals surface area contributed by atoms with E-state index in [-0.39, 0.29) is 22.4 Å². The molecule has 2 saturated carbocycles. The molecule has 5 atom stereocenters. The number of hydrogen-bond donors (Lipinski definition) is 2. The Balaban J connectivity index is 1.75. The molecule has 1 aromatic carbocycles.